The Morgan fingerprint density at radius 2 is 2.00 bits per heavy atom. The zero-order chi connectivity index (χ0) is 8.27. The van der Waals surface area contributed by atoms with Crippen molar-refractivity contribution >= 4 is 18.2 Å². The number of aliphatic hydroxyl groups excluding tert-OH is 1. The average molecular weight is 147 g/mol. The molecule has 0 aliphatic carbocycles. The molecule has 1 aromatic carbocycles. The quantitative estimate of drug-likeness (QED) is 0.506. The van der Waals surface area contributed by atoms with Crippen molar-refractivity contribution in [1.29, 1.82) is 0 Å². The summed E-state index contributed by atoms with van der Waals surface area (Å²) in [7, 11) is 0. The summed E-state index contributed by atoms with van der Waals surface area (Å²) in [5, 5.41) is 9.05. The van der Waals surface area contributed by atoms with Crippen molar-refractivity contribution < 1.29 is 5.11 Å². The van der Waals surface area contributed by atoms with Crippen LogP contribution in [0, 0.1) is 0 Å². The molecule has 0 aliphatic heterocycles. The first kappa shape index (κ1) is 7.54. The molecular formula is C9H9NO. The van der Waals surface area contributed by atoms with Crippen LogP contribution in [-0.4, -0.2) is 11.8 Å². The smallest absolute Gasteiger partial charge is 0.117 e. The third kappa shape index (κ3) is 1.46. The number of aliphatic hydroxyl groups is 1. The maximum Gasteiger partial charge on any atom is 0.117 e. The molecule has 2 heteroatoms. The highest BCUT2D eigenvalue weighted by atomic mass is 16.3. The summed E-state index contributed by atoms with van der Waals surface area (Å²) in [5.41, 5.74) is 1.28. The molecule has 0 atom stereocenters. The Balaban J connectivity index is 3.22. The van der Waals surface area contributed by atoms with Gasteiger partial charge in [0.1, 0.15) is 5.76 Å². The molecule has 0 aliphatic rings. The minimum Gasteiger partial charge on any atom is -0.508 e. The van der Waals surface area contributed by atoms with E-state index in [1.807, 2.05) is 12.1 Å². The molecule has 56 valence electrons. The van der Waals surface area contributed by atoms with Crippen LogP contribution in [0.3, 0.4) is 0 Å². The van der Waals surface area contributed by atoms with Crippen LogP contribution in [0.4, 0.5) is 5.69 Å². The van der Waals surface area contributed by atoms with E-state index < -0.39 is 0 Å². The van der Waals surface area contributed by atoms with Gasteiger partial charge in [-0.3, -0.25) is 4.99 Å². The van der Waals surface area contributed by atoms with Gasteiger partial charge in [-0.2, -0.15) is 0 Å². The van der Waals surface area contributed by atoms with E-state index in [1.165, 1.54) is 0 Å². The van der Waals surface area contributed by atoms with Gasteiger partial charge in [0.25, 0.3) is 0 Å². The summed E-state index contributed by atoms with van der Waals surface area (Å²) in [6.07, 6.45) is 0. The molecule has 1 aromatic rings. The molecule has 0 amide bonds. The number of hydrogen-bond donors (Lipinski definition) is 1. The molecule has 0 saturated carbocycles. The first-order valence-corrected chi connectivity index (χ1v) is 3.19. The summed E-state index contributed by atoms with van der Waals surface area (Å²) in [5.74, 6) is 0.0213. The molecule has 0 radical (unpaired) electrons. The van der Waals surface area contributed by atoms with Crippen LogP contribution in [0.5, 0.6) is 0 Å². The molecule has 11 heavy (non-hydrogen) atoms. The van der Waals surface area contributed by atoms with E-state index in [0.717, 1.165) is 0 Å². The minimum atomic E-state index is 0.0213. The Bertz CT molecular complexity index is 291. The molecule has 0 spiro atoms. The van der Waals surface area contributed by atoms with Gasteiger partial charge >= 0.3 is 0 Å². The van der Waals surface area contributed by atoms with Crippen LogP contribution in [0.2, 0.25) is 0 Å². The van der Waals surface area contributed by atoms with E-state index in [-0.39, 0.29) is 5.76 Å². The van der Waals surface area contributed by atoms with Gasteiger partial charge in [-0.25, -0.2) is 0 Å². The van der Waals surface area contributed by atoms with E-state index in [0.29, 0.717) is 11.3 Å². The van der Waals surface area contributed by atoms with Crippen molar-refractivity contribution in [3.8, 4) is 0 Å². The lowest BCUT2D eigenvalue weighted by molar-refractivity contribution is 0.514. The lowest BCUT2D eigenvalue weighted by Gasteiger charge is -2.00. The summed E-state index contributed by atoms with van der Waals surface area (Å²) in [6.45, 7) is 6.77. The highest BCUT2D eigenvalue weighted by molar-refractivity contribution is 5.69. The first-order chi connectivity index (χ1) is 5.25. The van der Waals surface area contributed by atoms with Crippen molar-refractivity contribution in [3.05, 3.63) is 36.4 Å². The Hall–Kier alpha value is -1.57. The van der Waals surface area contributed by atoms with E-state index in [4.69, 9.17) is 5.11 Å². The van der Waals surface area contributed by atoms with Crippen molar-refractivity contribution in [2.45, 2.75) is 0 Å². The Morgan fingerprint density at radius 3 is 2.45 bits per heavy atom. The number of nitrogens with zero attached hydrogens (tertiary/aromatic N) is 1. The third-order valence-electron chi connectivity index (χ3n) is 1.39. The van der Waals surface area contributed by atoms with Crippen LogP contribution in [-0.2, 0) is 0 Å². The molecule has 0 saturated heterocycles. The van der Waals surface area contributed by atoms with E-state index in [2.05, 4.69) is 18.3 Å². The maximum absolute atomic E-state index is 9.05. The lowest BCUT2D eigenvalue weighted by atomic mass is 10.1. The van der Waals surface area contributed by atoms with Gasteiger partial charge in [-0.1, -0.05) is 18.7 Å². The summed E-state index contributed by atoms with van der Waals surface area (Å²) in [6, 6.07) is 7.15. The number of benzene rings is 1. The molecule has 0 unspecified atom stereocenters. The predicted octanol–water partition coefficient (Wildman–Crippen LogP) is 2.55. The zero-order valence-electron chi connectivity index (χ0n) is 6.12. The fraction of sp³-hybridized carbons (Fsp3) is 0. The van der Waals surface area contributed by atoms with Crippen LogP contribution in [0.1, 0.15) is 5.56 Å². The molecular weight excluding hydrogens is 138 g/mol. The topological polar surface area (TPSA) is 32.6 Å². The highest BCUT2D eigenvalue weighted by Gasteiger charge is 1.99. The van der Waals surface area contributed by atoms with Gasteiger partial charge in [0, 0.05) is 5.56 Å². The van der Waals surface area contributed by atoms with E-state index >= 15 is 0 Å². The van der Waals surface area contributed by atoms with Crippen molar-refractivity contribution in [3.63, 3.8) is 0 Å². The third-order valence-corrected chi connectivity index (χ3v) is 1.39. The fourth-order valence-electron chi connectivity index (χ4n) is 0.856. The second kappa shape index (κ2) is 3.01. The molecule has 1 rings (SSSR count). The fourth-order valence-corrected chi connectivity index (χ4v) is 0.856. The van der Waals surface area contributed by atoms with Gasteiger partial charge in [0.05, 0.1) is 5.69 Å². The largest absolute Gasteiger partial charge is 0.508 e. The molecule has 0 aromatic heterocycles. The number of rotatable bonds is 2. The number of aliphatic imine (C=N–C) groups is 1. The predicted molar refractivity (Wildman–Crippen MR) is 47.3 cm³/mol. The Labute approximate surface area is 65.5 Å². The zero-order valence-corrected chi connectivity index (χ0v) is 6.12. The Morgan fingerprint density at radius 1 is 1.36 bits per heavy atom. The monoisotopic (exact) mass is 147 g/mol. The molecule has 0 heterocycles. The SMILES string of the molecule is C=Nc1ccccc1C(=C)O. The van der Waals surface area contributed by atoms with Gasteiger partial charge in [0.2, 0.25) is 0 Å². The summed E-state index contributed by atoms with van der Waals surface area (Å²) >= 11 is 0. The summed E-state index contributed by atoms with van der Waals surface area (Å²) < 4.78 is 0. The Kier molecular flexibility index (Phi) is 2.06. The molecule has 2 nitrogen and oxygen atoms in total. The van der Waals surface area contributed by atoms with Gasteiger partial charge < -0.3 is 5.11 Å². The second-order valence-electron chi connectivity index (χ2n) is 2.12. The van der Waals surface area contributed by atoms with E-state index in [1.54, 1.807) is 12.1 Å². The van der Waals surface area contributed by atoms with Gasteiger partial charge in [-0.05, 0) is 18.9 Å². The lowest BCUT2D eigenvalue weighted by Crippen LogP contribution is -1.79. The van der Waals surface area contributed by atoms with Crippen LogP contribution in [0.25, 0.3) is 5.76 Å². The van der Waals surface area contributed by atoms with Gasteiger partial charge in [-0.15, -0.1) is 0 Å². The van der Waals surface area contributed by atoms with Crippen molar-refractivity contribution in [2.24, 2.45) is 4.99 Å². The minimum absolute atomic E-state index is 0.0213. The van der Waals surface area contributed by atoms with Crippen molar-refractivity contribution in [1.82, 2.24) is 0 Å². The van der Waals surface area contributed by atoms with Crippen LogP contribution < -0.4 is 0 Å². The second-order valence-corrected chi connectivity index (χ2v) is 2.12. The standard InChI is InChI=1S/C9H9NO/c1-7(11)8-5-3-4-6-9(8)10-2/h3-6,11H,1-2H2. The van der Waals surface area contributed by atoms with Crippen molar-refractivity contribution in [2.75, 3.05) is 0 Å². The van der Waals surface area contributed by atoms with Crippen LogP contribution >= 0.6 is 0 Å². The average Bonchev–Trinajstić information content (AvgIpc) is 2.04. The summed E-state index contributed by atoms with van der Waals surface area (Å²) in [4.78, 5) is 3.72. The first-order valence-electron chi connectivity index (χ1n) is 3.19. The molecule has 1 N–H and O–H groups in total. The highest BCUT2D eigenvalue weighted by Crippen LogP contribution is 2.22. The normalized spacial score (nSPS) is 9.09. The number of para-hydroxylation sites is 1. The number of hydrogen-bond acceptors (Lipinski definition) is 2. The maximum atomic E-state index is 9.05. The molecule has 0 fully saturated rings. The van der Waals surface area contributed by atoms with Gasteiger partial charge in [0.15, 0.2) is 0 Å². The van der Waals surface area contributed by atoms with Crippen LogP contribution in [0.15, 0.2) is 35.8 Å². The van der Waals surface area contributed by atoms with E-state index in [9.17, 15) is 0 Å². The molecule has 0 bridgehead atoms.